The molecule has 1 aliphatic carbocycles. The summed E-state index contributed by atoms with van der Waals surface area (Å²) in [6.45, 7) is 2.31. The van der Waals surface area contributed by atoms with Crippen LogP contribution in [0.15, 0.2) is 12.4 Å². The van der Waals surface area contributed by atoms with E-state index in [0.29, 0.717) is 13.1 Å². The first kappa shape index (κ1) is 16.7. The highest BCUT2D eigenvalue weighted by atomic mass is 19.3. The highest BCUT2D eigenvalue weighted by molar-refractivity contribution is 5.04. The molecule has 2 heterocycles. The van der Waals surface area contributed by atoms with Crippen molar-refractivity contribution in [1.29, 1.82) is 0 Å². The lowest BCUT2D eigenvalue weighted by molar-refractivity contribution is -0.136. The van der Waals surface area contributed by atoms with E-state index in [1.54, 1.807) is 6.20 Å². The van der Waals surface area contributed by atoms with Crippen molar-refractivity contribution in [3.63, 3.8) is 0 Å². The van der Waals surface area contributed by atoms with Crippen LogP contribution in [-0.2, 0) is 6.54 Å². The van der Waals surface area contributed by atoms with Gasteiger partial charge in [-0.05, 0) is 38.1 Å². The van der Waals surface area contributed by atoms with Gasteiger partial charge >= 0.3 is 12.3 Å². The van der Waals surface area contributed by atoms with E-state index in [9.17, 15) is 17.6 Å². The minimum Gasteiger partial charge on any atom is -0.334 e. The van der Waals surface area contributed by atoms with Crippen molar-refractivity contribution < 1.29 is 17.6 Å². The zero-order valence-corrected chi connectivity index (χ0v) is 13.1. The first-order valence-corrected chi connectivity index (χ1v) is 8.35. The summed E-state index contributed by atoms with van der Waals surface area (Å²) < 4.78 is 52.9. The molecule has 1 saturated heterocycles. The van der Waals surface area contributed by atoms with Crippen molar-refractivity contribution >= 4 is 0 Å². The van der Waals surface area contributed by atoms with Crippen molar-refractivity contribution in [3.05, 3.63) is 18.2 Å². The molecule has 0 bridgehead atoms. The lowest BCUT2D eigenvalue weighted by atomic mass is 9.96. The highest BCUT2D eigenvalue weighted by Gasteiger charge is 2.40. The predicted octanol–water partition coefficient (Wildman–Crippen LogP) is 3.76. The molecule has 1 atom stereocenters. The SMILES string of the molecule is FC(F)C(F)(F)CCN1CCCC(c2nccn2CC2CC2)C1. The summed E-state index contributed by atoms with van der Waals surface area (Å²) in [5.41, 5.74) is 0. The molecule has 0 aromatic carbocycles. The van der Waals surface area contributed by atoms with Crippen LogP contribution in [-0.4, -0.2) is 46.4 Å². The predicted molar refractivity (Wildman–Crippen MR) is 78.9 cm³/mol. The van der Waals surface area contributed by atoms with E-state index >= 15 is 0 Å². The van der Waals surface area contributed by atoms with Gasteiger partial charge in [0.15, 0.2) is 0 Å². The molecule has 1 aliphatic heterocycles. The molecule has 2 aliphatic rings. The van der Waals surface area contributed by atoms with E-state index in [1.165, 1.54) is 12.8 Å². The van der Waals surface area contributed by atoms with Gasteiger partial charge < -0.3 is 9.47 Å². The Balaban J connectivity index is 1.57. The van der Waals surface area contributed by atoms with Crippen molar-refractivity contribution in [2.75, 3.05) is 19.6 Å². The van der Waals surface area contributed by atoms with Crippen molar-refractivity contribution in [2.24, 2.45) is 5.92 Å². The molecule has 0 amide bonds. The maximum Gasteiger partial charge on any atom is 0.308 e. The fourth-order valence-corrected chi connectivity index (χ4v) is 3.30. The lowest BCUT2D eigenvalue weighted by Gasteiger charge is -2.33. The smallest absolute Gasteiger partial charge is 0.308 e. The van der Waals surface area contributed by atoms with Crippen LogP contribution in [0, 0.1) is 5.92 Å². The molecule has 7 heteroatoms. The highest BCUT2D eigenvalue weighted by Crippen LogP contribution is 2.33. The summed E-state index contributed by atoms with van der Waals surface area (Å²) in [5.74, 6) is -1.93. The lowest BCUT2D eigenvalue weighted by Crippen LogP contribution is -2.39. The van der Waals surface area contributed by atoms with Gasteiger partial charge in [0.1, 0.15) is 5.82 Å². The first-order chi connectivity index (χ1) is 11.0. The molecule has 3 nitrogen and oxygen atoms in total. The Labute approximate surface area is 133 Å². The van der Waals surface area contributed by atoms with Crippen molar-refractivity contribution in [2.45, 2.75) is 56.9 Å². The molecule has 1 aromatic rings. The van der Waals surface area contributed by atoms with Crippen molar-refractivity contribution in [1.82, 2.24) is 14.5 Å². The maximum absolute atomic E-state index is 13.1. The number of imidazole rings is 1. The van der Waals surface area contributed by atoms with Gasteiger partial charge in [-0.25, -0.2) is 22.5 Å². The summed E-state index contributed by atoms with van der Waals surface area (Å²) in [6, 6.07) is 0. The number of rotatable bonds is 7. The zero-order valence-electron chi connectivity index (χ0n) is 13.1. The van der Waals surface area contributed by atoms with Crippen LogP contribution >= 0.6 is 0 Å². The third kappa shape index (κ3) is 4.25. The van der Waals surface area contributed by atoms with Crippen LogP contribution in [0.2, 0.25) is 0 Å². The topological polar surface area (TPSA) is 21.1 Å². The van der Waals surface area contributed by atoms with E-state index in [-0.39, 0.29) is 12.5 Å². The number of hydrogen-bond acceptors (Lipinski definition) is 2. The molecule has 0 spiro atoms. The number of halogens is 4. The van der Waals surface area contributed by atoms with Crippen LogP contribution in [0.3, 0.4) is 0 Å². The van der Waals surface area contributed by atoms with E-state index in [2.05, 4.69) is 9.55 Å². The van der Waals surface area contributed by atoms with Gasteiger partial charge in [-0.15, -0.1) is 0 Å². The molecule has 23 heavy (non-hydrogen) atoms. The Hall–Kier alpha value is -1.11. The number of piperidine rings is 1. The largest absolute Gasteiger partial charge is 0.334 e. The minimum atomic E-state index is -3.89. The Kier molecular flexibility index (Phi) is 4.94. The normalized spacial score (nSPS) is 23.6. The second-order valence-corrected chi connectivity index (χ2v) is 6.83. The number of nitrogens with zero attached hydrogens (tertiary/aromatic N) is 3. The van der Waals surface area contributed by atoms with Crippen LogP contribution in [0.4, 0.5) is 17.6 Å². The summed E-state index contributed by atoms with van der Waals surface area (Å²) >= 11 is 0. The maximum atomic E-state index is 13.1. The molecule has 0 N–H and O–H groups in total. The average Bonchev–Trinajstić information content (AvgIpc) is 3.21. The second kappa shape index (κ2) is 6.79. The molecule has 1 aromatic heterocycles. The van der Waals surface area contributed by atoms with Gasteiger partial charge in [0.25, 0.3) is 0 Å². The van der Waals surface area contributed by atoms with Gasteiger partial charge in [0.2, 0.25) is 0 Å². The summed E-state index contributed by atoms with van der Waals surface area (Å²) in [6.07, 6.45) is 3.80. The summed E-state index contributed by atoms with van der Waals surface area (Å²) in [4.78, 5) is 6.34. The summed E-state index contributed by atoms with van der Waals surface area (Å²) in [5, 5.41) is 0. The van der Waals surface area contributed by atoms with Gasteiger partial charge in [-0.1, -0.05) is 0 Å². The van der Waals surface area contributed by atoms with E-state index in [1.807, 2.05) is 11.1 Å². The Morgan fingerprint density at radius 3 is 2.74 bits per heavy atom. The monoisotopic (exact) mass is 333 g/mol. The number of alkyl halides is 4. The van der Waals surface area contributed by atoms with E-state index in [4.69, 9.17) is 0 Å². The Morgan fingerprint density at radius 2 is 2.04 bits per heavy atom. The van der Waals surface area contributed by atoms with Crippen LogP contribution in [0.1, 0.15) is 43.8 Å². The van der Waals surface area contributed by atoms with Crippen LogP contribution in [0.5, 0.6) is 0 Å². The Morgan fingerprint density at radius 1 is 1.26 bits per heavy atom. The van der Waals surface area contributed by atoms with Crippen molar-refractivity contribution in [3.8, 4) is 0 Å². The molecule has 1 saturated carbocycles. The molecule has 1 unspecified atom stereocenters. The molecule has 0 radical (unpaired) electrons. The molecular formula is C16H23F4N3. The third-order valence-electron chi connectivity index (χ3n) is 4.85. The van der Waals surface area contributed by atoms with Gasteiger partial charge in [-0.2, -0.15) is 0 Å². The molecule has 130 valence electrons. The average molecular weight is 333 g/mol. The van der Waals surface area contributed by atoms with Crippen LogP contribution < -0.4 is 0 Å². The molecule has 2 fully saturated rings. The first-order valence-electron chi connectivity index (χ1n) is 8.35. The second-order valence-electron chi connectivity index (χ2n) is 6.83. The standard InChI is InChI=1S/C16H23F4N3/c17-15(18)16(19,20)5-8-22-7-1-2-13(11-22)14-21-6-9-23(14)10-12-3-4-12/h6,9,12-13,15H,1-5,7-8,10-11H2. The van der Waals surface area contributed by atoms with Gasteiger partial charge in [0, 0.05) is 44.4 Å². The minimum absolute atomic E-state index is 0.0111. The van der Waals surface area contributed by atoms with E-state index in [0.717, 1.165) is 31.1 Å². The van der Waals surface area contributed by atoms with Crippen LogP contribution in [0.25, 0.3) is 0 Å². The number of hydrogen-bond donors (Lipinski definition) is 0. The molecular weight excluding hydrogens is 310 g/mol. The van der Waals surface area contributed by atoms with Gasteiger partial charge in [0.05, 0.1) is 0 Å². The number of aromatic nitrogens is 2. The fourth-order valence-electron chi connectivity index (χ4n) is 3.30. The number of likely N-dealkylation sites (tertiary alicyclic amines) is 1. The third-order valence-corrected chi connectivity index (χ3v) is 4.85. The fraction of sp³-hybridized carbons (Fsp3) is 0.812. The quantitative estimate of drug-likeness (QED) is 0.709. The van der Waals surface area contributed by atoms with Gasteiger partial charge in [-0.3, -0.25) is 0 Å². The summed E-state index contributed by atoms with van der Waals surface area (Å²) in [7, 11) is 0. The Bertz CT molecular complexity index is 513. The zero-order chi connectivity index (χ0) is 16.4. The molecule has 3 rings (SSSR count). The van der Waals surface area contributed by atoms with E-state index < -0.39 is 18.8 Å².